The third kappa shape index (κ3) is 2.89. The van der Waals surface area contributed by atoms with E-state index in [1.165, 1.54) is 25.7 Å². The normalized spacial score (nSPS) is 29.2. The molecule has 2 bridgehead atoms. The Morgan fingerprint density at radius 2 is 2.00 bits per heavy atom. The summed E-state index contributed by atoms with van der Waals surface area (Å²) in [5, 5.41) is 0. The SMILES string of the molecule is Nc1ccc(/C=C/C(=O)CC2CC3CCC2C3)cc1. The summed E-state index contributed by atoms with van der Waals surface area (Å²) in [6.45, 7) is 0. The van der Waals surface area contributed by atoms with Crippen molar-refractivity contribution in [3.8, 4) is 0 Å². The minimum absolute atomic E-state index is 0.273. The number of carbonyl (C=O) groups excluding carboxylic acids is 1. The van der Waals surface area contributed by atoms with Crippen LogP contribution in [0.2, 0.25) is 0 Å². The summed E-state index contributed by atoms with van der Waals surface area (Å²) in [5.74, 6) is 2.68. The Kier molecular flexibility index (Phi) is 3.41. The van der Waals surface area contributed by atoms with Crippen molar-refractivity contribution >= 4 is 17.5 Å². The quantitative estimate of drug-likeness (QED) is 0.659. The summed E-state index contributed by atoms with van der Waals surface area (Å²) in [4.78, 5) is 12.0. The van der Waals surface area contributed by atoms with Gasteiger partial charge in [-0.2, -0.15) is 0 Å². The zero-order chi connectivity index (χ0) is 13.2. The van der Waals surface area contributed by atoms with Gasteiger partial charge in [0.1, 0.15) is 0 Å². The lowest BCUT2D eigenvalue weighted by atomic mass is 9.85. The molecule has 2 fully saturated rings. The Balaban J connectivity index is 1.55. The van der Waals surface area contributed by atoms with Crippen molar-refractivity contribution in [1.29, 1.82) is 0 Å². The zero-order valence-corrected chi connectivity index (χ0v) is 11.2. The number of nitrogen functional groups attached to an aromatic ring is 1. The first-order valence-corrected chi connectivity index (χ1v) is 7.27. The van der Waals surface area contributed by atoms with E-state index in [4.69, 9.17) is 5.73 Å². The largest absolute Gasteiger partial charge is 0.399 e. The van der Waals surface area contributed by atoms with Crippen molar-refractivity contribution in [1.82, 2.24) is 0 Å². The first-order valence-electron chi connectivity index (χ1n) is 7.27. The Bertz CT molecular complexity index is 488. The third-order valence-corrected chi connectivity index (χ3v) is 4.75. The number of benzene rings is 1. The lowest BCUT2D eigenvalue weighted by Crippen LogP contribution is -2.13. The Morgan fingerprint density at radius 1 is 1.21 bits per heavy atom. The molecule has 0 heterocycles. The molecular weight excluding hydrogens is 234 g/mol. The van der Waals surface area contributed by atoms with E-state index in [0.717, 1.165) is 29.5 Å². The standard InChI is InChI=1S/C17H21NO/c18-16-6-2-12(3-7-16)4-8-17(19)11-15-10-13-1-5-14(15)9-13/h2-4,6-8,13-15H,1,5,9-11,18H2/b8-4+. The predicted molar refractivity (Wildman–Crippen MR) is 78.5 cm³/mol. The van der Waals surface area contributed by atoms with Gasteiger partial charge in [0.2, 0.25) is 0 Å². The van der Waals surface area contributed by atoms with E-state index < -0.39 is 0 Å². The maximum atomic E-state index is 12.0. The minimum atomic E-state index is 0.273. The summed E-state index contributed by atoms with van der Waals surface area (Å²) >= 11 is 0. The van der Waals surface area contributed by atoms with Crippen LogP contribution in [0.5, 0.6) is 0 Å². The molecule has 2 heteroatoms. The highest BCUT2D eigenvalue weighted by Crippen LogP contribution is 2.49. The lowest BCUT2D eigenvalue weighted by Gasteiger charge is -2.19. The van der Waals surface area contributed by atoms with Crippen molar-refractivity contribution in [2.24, 2.45) is 17.8 Å². The van der Waals surface area contributed by atoms with Crippen LogP contribution < -0.4 is 5.73 Å². The van der Waals surface area contributed by atoms with Crippen LogP contribution in [-0.2, 0) is 4.79 Å². The van der Waals surface area contributed by atoms with Gasteiger partial charge in [-0.3, -0.25) is 4.79 Å². The van der Waals surface area contributed by atoms with Gasteiger partial charge in [0.05, 0.1) is 0 Å². The van der Waals surface area contributed by atoms with Crippen LogP contribution in [0.25, 0.3) is 6.08 Å². The van der Waals surface area contributed by atoms with Crippen molar-refractivity contribution < 1.29 is 4.79 Å². The fourth-order valence-corrected chi connectivity index (χ4v) is 3.75. The van der Waals surface area contributed by atoms with Gasteiger partial charge in [-0.15, -0.1) is 0 Å². The van der Waals surface area contributed by atoms with Gasteiger partial charge < -0.3 is 5.73 Å². The van der Waals surface area contributed by atoms with Crippen molar-refractivity contribution in [3.05, 3.63) is 35.9 Å². The van der Waals surface area contributed by atoms with Crippen LogP contribution in [0.4, 0.5) is 5.69 Å². The maximum Gasteiger partial charge on any atom is 0.155 e. The molecule has 0 radical (unpaired) electrons. The molecule has 2 aliphatic rings. The number of allylic oxidation sites excluding steroid dienone is 1. The fourth-order valence-electron chi connectivity index (χ4n) is 3.75. The highest BCUT2D eigenvalue weighted by molar-refractivity contribution is 5.93. The molecule has 2 N–H and O–H groups in total. The van der Waals surface area contributed by atoms with Crippen LogP contribution in [-0.4, -0.2) is 5.78 Å². The number of hydrogen-bond acceptors (Lipinski definition) is 2. The number of ketones is 1. The van der Waals surface area contributed by atoms with E-state index in [1.807, 2.05) is 30.3 Å². The number of rotatable bonds is 4. The van der Waals surface area contributed by atoms with Crippen molar-refractivity contribution in [3.63, 3.8) is 0 Å². The van der Waals surface area contributed by atoms with E-state index in [9.17, 15) is 4.79 Å². The summed E-state index contributed by atoms with van der Waals surface area (Å²) in [5.41, 5.74) is 7.43. The second kappa shape index (κ2) is 5.20. The second-order valence-electron chi connectivity index (χ2n) is 6.11. The lowest BCUT2D eigenvalue weighted by molar-refractivity contribution is -0.115. The van der Waals surface area contributed by atoms with E-state index in [2.05, 4.69) is 0 Å². The molecule has 19 heavy (non-hydrogen) atoms. The van der Waals surface area contributed by atoms with Gasteiger partial charge in [0, 0.05) is 12.1 Å². The molecule has 0 amide bonds. The van der Waals surface area contributed by atoms with Crippen LogP contribution >= 0.6 is 0 Å². The third-order valence-electron chi connectivity index (χ3n) is 4.75. The molecule has 2 saturated carbocycles. The number of nitrogens with two attached hydrogens (primary N) is 1. The molecule has 100 valence electrons. The summed E-state index contributed by atoms with van der Waals surface area (Å²) in [6, 6.07) is 7.60. The monoisotopic (exact) mass is 255 g/mol. The molecule has 3 unspecified atom stereocenters. The summed E-state index contributed by atoms with van der Waals surface area (Å²) < 4.78 is 0. The molecular formula is C17H21NO. The van der Waals surface area contributed by atoms with Crippen LogP contribution in [0.3, 0.4) is 0 Å². The summed E-state index contributed by atoms with van der Waals surface area (Å²) in [6.07, 6.45) is 9.78. The van der Waals surface area contributed by atoms with Crippen molar-refractivity contribution in [2.45, 2.75) is 32.1 Å². The van der Waals surface area contributed by atoms with E-state index in [1.54, 1.807) is 6.08 Å². The smallest absolute Gasteiger partial charge is 0.155 e. The molecule has 0 aliphatic heterocycles. The predicted octanol–water partition coefficient (Wildman–Crippen LogP) is 3.68. The van der Waals surface area contributed by atoms with Gasteiger partial charge in [-0.25, -0.2) is 0 Å². The van der Waals surface area contributed by atoms with Crippen LogP contribution in [0.15, 0.2) is 30.3 Å². The number of carbonyl (C=O) groups is 1. The number of anilines is 1. The van der Waals surface area contributed by atoms with E-state index in [0.29, 0.717) is 5.92 Å². The molecule has 2 nitrogen and oxygen atoms in total. The maximum absolute atomic E-state index is 12.0. The van der Waals surface area contributed by atoms with Gasteiger partial charge >= 0.3 is 0 Å². The average Bonchev–Trinajstić information content (AvgIpc) is 3.00. The first kappa shape index (κ1) is 12.5. The van der Waals surface area contributed by atoms with Gasteiger partial charge in [-0.05, 0) is 60.8 Å². The zero-order valence-electron chi connectivity index (χ0n) is 11.2. The van der Waals surface area contributed by atoms with Crippen molar-refractivity contribution in [2.75, 3.05) is 5.73 Å². The molecule has 3 atom stereocenters. The van der Waals surface area contributed by atoms with Gasteiger partial charge in [0.25, 0.3) is 0 Å². The Morgan fingerprint density at radius 3 is 2.63 bits per heavy atom. The topological polar surface area (TPSA) is 43.1 Å². The van der Waals surface area contributed by atoms with Crippen LogP contribution in [0, 0.1) is 17.8 Å². The molecule has 3 rings (SSSR count). The highest BCUT2D eigenvalue weighted by Gasteiger charge is 2.39. The molecule has 1 aromatic rings. The second-order valence-corrected chi connectivity index (χ2v) is 6.11. The molecule has 0 aromatic heterocycles. The molecule has 2 aliphatic carbocycles. The molecule has 0 spiro atoms. The van der Waals surface area contributed by atoms with Crippen LogP contribution in [0.1, 0.15) is 37.7 Å². The summed E-state index contributed by atoms with van der Waals surface area (Å²) in [7, 11) is 0. The Labute approximate surface area is 114 Å². The minimum Gasteiger partial charge on any atom is -0.399 e. The van der Waals surface area contributed by atoms with E-state index >= 15 is 0 Å². The van der Waals surface area contributed by atoms with Gasteiger partial charge in [-0.1, -0.05) is 24.6 Å². The number of fused-ring (bicyclic) bond motifs is 2. The number of hydrogen-bond donors (Lipinski definition) is 1. The molecule has 0 saturated heterocycles. The fraction of sp³-hybridized carbons (Fsp3) is 0.471. The van der Waals surface area contributed by atoms with E-state index in [-0.39, 0.29) is 5.78 Å². The average molecular weight is 255 g/mol. The highest BCUT2D eigenvalue weighted by atomic mass is 16.1. The van der Waals surface area contributed by atoms with Gasteiger partial charge in [0.15, 0.2) is 5.78 Å². The first-order chi connectivity index (χ1) is 9.20. The molecule has 1 aromatic carbocycles. The Hall–Kier alpha value is -1.57.